The monoisotopic (exact) mass is 332 g/mol. The average molecular weight is 332 g/mol. The third-order valence-corrected chi connectivity index (χ3v) is 4.77. The molecule has 1 amide bonds. The Morgan fingerprint density at radius 3 is 2.78 bits per heavy atom. The van der Waals surface area contributed by atoms with Crippen molar-refractivity contribution in [1.82, 2.24) is 9.88 Å². The van der Waals surface area contributed by atoms with Gasteiger partial charge in [0.25, 0.3) is 0 Å². The van der Waals surface area contributed by atoms with E-state index in [2.05, 4.69) is 18.8 Å². The molecular formula is C18H24N2O2S. The lowest BCUT2D eigenvalue weighted by Gasteiger charge is -2.26. The van der Waals surface area contributed by atoms with Crippen LogP contribution in [0.15, 0.2) is 29.6 Å². The zero-order valence-corrected chi connectivity index (χ0v) is 15.0. The van der Waals surface area contributed by atoms with Gasteiger partial charge in [-0.1, -0.05) is 25.1 Å². The highest BCUT2D eigenvalue weighted by molar-refractivity contribution is 7.09. The maximum Gasteiger partial charge on any atom is 0.220 e. The lowest BCUT2D eigenvalue weighted by atomic mass is 10.2. The van der Waals surface area contributed by atoms with E-state index >= 15 is 0 Å². The summed E-state index contributed by atoms with van der Waals surface area (Å²) in [4.78, 5) is 18.2. The Morgan fingerprint density at radius 1 is 1.39 bits per heavy atom. The molecule has 0 bridgehead atoms. The second-order valence-corrected chi connectivity index (χ2v) is 6.63. The van der Waals surface area contributed by atoms with Gasteiger partial charge in [0.2, 0.25) is 5.91 Å². The van der Waals surface area contributed by atoms with Gasteiger partial charge in [-0.05, 0) is 31.9 Å². The van der Waals surface area contributed by atoms with Gasteiger partial charge in [-0.15, -0.1) is 11.3 Å². The number of benzene rings is 1. The molecule has 124 valence electrons. The maximum atomic E-state index is 11.8. The molecule has 0 unspecified atom stereocenters. The van der Waals surface area contributed by atoms with E-state index in [9.17, 15) is 4.79 Å². The van der Waals surface area contributed by atoms with Crippen LogP contribution in [0.1, 0.15) is 43.5 Å². The molecule has 1 atom stereocenters. The fourth-order valence-electron chi connectivity index (χ4n) is 2.32. The Kier molecular flexibility index (Phi) is 6.16. The second kappa shape index (κ2) is 8.11. The van der Waals surface area contributed by atoms with E-state index in [1.54, 1.807) is 18.3 Å². The van der Waals surface area contributed by atoms with Crippen LogP contribution < -0.4 is 4.74 Å². The van der Waals surface area contributed by atoms with E-state index in [0.29, 0.717) is 13.2 Å². The topological polar surface area (TPSA) is 42.4 Å². The Balaban J connectivity index is 1.97. The number of aryl methyl sites for hydroxylation is 1. The zero-order valence-electron chi connectivity index (χ0n) is 14.2. The highest BCUT2D eigenvalue weighted by Crippen LogP contribution is 2.20. The van der Waals surface area contributed by atoms with Crippen LogP contribution in [-0.2, 0) is 17.9 Å². The van der Waals surface area contributed by atoms with Crippen LogP contribution >= 0.6 is 11.3 Å². The van der Waals surface area contributed by atoms with Gasteiger partial charge < -0.3 is 9.64 Å². The fourth-order valence-corrected chi connectivity index (χ4v) is 3.01. The molecule has 0 aliphatic carbocycles. The molecule has 23 heavy (non-hydrogen) atoms. The van der Waals surface area contributed by atoms with E-state index in [1.165, 1.54) is 0 Å². The molecule has 0 aliphatic rings. The minimum Gasteiger partial charge on any atom is -0.486 e. The number of hydrogen-bond donors (Lipinski definition) is 0. The van der Waals surface area contributed by atoms with Gasteiger partial charge in [-0.2, -0.15) is 0 Å². The molecule has 0 fully saturated rings. The lowest BCUT2D eigenvalue weighted by molar-refractivity contribution is -0.131. The molecule has 0 N–H and O–H groups in total. The van der Waals surface area contributed by atoms with Crippen LogP contribution in [0.25, 0.3) is 0 Å². The number of hydrogen-bond acceptors (Lipinski definition) is 4. The van der Waals surface area contributed by atoms with Gasteiger partial charge in [0.05, 0.1) is 12.2 Å². The summed E-state index contributed by atoms with van der Waals surface area (Å²) >= 11 is 1.57. The number of amides is 1. The maximum absolute atomic E-state index is 11.8. The normalized spacial score (nSPS) is 12.0. The molecule has 2 aromatic rings. The van der Waals surface area contributed by atoms with Crippen LogP contribution in [0.3, 0.4) is 0 Å². The standard InChI is InChI=1S/C18H24N2O2S/c1-5-14(3)20(15(4)21)10-16-12-23-18(19-16)11-22-17-9-7-6-8-13(17)2/h6-9,12,14H,5,10-11H2,1-4H3/t14-/m0/s1. The van der Waals surface area contributed by atoms with Crippen LogP contribution in [-0.4, -0.2) is 21.8 Å². The van der Waals surface area contributed by atoms with Crippen molar-refractivity contribution in [3.8, 4) is 5.75 Å². The summed E-state index contributed by atoms with van der Waals surface area (Å²) in [5, 5.41) is 2.94. The summed E-state index contributed by atoms with van der Waals surface area (Å²) in [6.07, 6.45) is 0.937. The van der Waals surface area contributed by atoms with E-state index < -0.39 is 0 Å². The van der Waals surface area contributed by atoms with Gasteiger partial charge in [0.1, 0.15) is 17.4 Å². The number of carbonyl (C=O) groups excluding carboxylic acids is 1. The van der Waals surface area contributed by atoms with Crippen LogP contribution in [0.5, 0.6) is 5.75 Å². The first-order chi connectivity index (χ1) is 11.0. The smallest absolute Gasteiger partial charge is 0.220 e. The fraction of sp³-hybridized carbons (Fsp3) is 0.444. The van der Waals surface area contributed by atoms with Crippen molar-refractivity contribution < 1.29 is 9.53 Å². The Hall–Kier alpha value is -1.88. The van der Waals surface area contributed by atoms with Crippen molar-refractivity contribution >= 4 is 17.2 Å². The van der Waals surface area contributed by atoms with Gasteiger partial charge in [0.15, 0.2) is 0 Å². The molecule has 0 saturated heterocycles. The van der Waals surface area contributed by atoms with E-state index in [-0.39, 0.29) is 11.9 Å². The van der Waals surface area contributed by atoms with Crippen molar-refractivity contribution in [2.45, 2.75) is 53.3 Å². The van der Waals surface area contributed by atoms with Gasteiger partial charge in [0, 0.05) is 18.3 Å². The largest absolute Gasteiger partial charge is 0.486 e. The van der Waals surface area contributed by atoms with Crippen molar-refractivity contribution in [3.05, 3.63) is 45.9 Å². The number of nitrogens with zero attached hydrogens (tertiary/aromatic N) is 2. The number of ether oxygens (including phenoxy) is 1. The molecule has 1 aromatic carbocycles. The first-order valence-electron chi connectivity index (χ1n) is 7.90. The number of thiazole rings is 1. The van der Waals surface area contributed by atoms with E-state index in [0.717, 1.165) is 28.4 Å². The summed E-state index contributed by atoms with van der Waals surface area (Å²) in [6, 6.07) is 8.17. The molecule has 1 aromatic heterocycles. The van der Waals surface area contributed by atoms with E-state index in [4.69, 9.17) is 4.74 Å². The first-order valence-corrected chi connectivity index (χ1v) is 8.78. The third kappa shape index (κ3) is 4.79. The second-order valence-electron chi connectivity index (χ2n) is 5.69. The average Bonchev–Trinajstić information content (AvgIpc) is 2.98. The van der Waals surface area contributed by atoms with E-state index in [1.807, 2.05) is 41.5 Å². The highest BCUT2D eigenvalue weighted by atomic mass is 32.1. The van der Waals surface area contributed by atoms with Crippen LogP contribution in [0.2, 0.25) is 0 Å². The van der Waals surface area contributed by atoms with Crippen LogP contribution in [0, 0.1) is 6.92 Å². The Morgan fingerprint density at radius 2 is 2.13 bits per heavy atom. The molecule has 0 radical (unpaired) electrons. The Labute approximate surface area is 142 Å². The molecule has 4 nitrogen and oxygen atoms in total. The van der Waals surface area contributed by atoms with Crippen molar-refractivity contribution in [2.24, 2.45) is 0 Å². The SMILES string of the molecule is CC[C@H](C)N(Cc1csc(COc2ccccc2C)n1)C(C)=O. The summed E-state index contributed by atoms with van der Waals surface area (Å²) < 4.78 is 5.82. The van der Waals surface area contributed by atoms with Crippen molar-refractivity contribution in [3.63, 3.8) is 0 Å². The summed E-state index contributed by atoms with van der Waals surface area (Å²) in [6.45, 7) is 8.81. The summed E-state index contributed by atoms with van der Waals surface area (Å²) in [7, 11) is 0. The number of para-hydroxylation sites is 1. The van der Waals surface area contributed by atoms with Gasteiger partial charge in [-0.3, -0.25) is 4.79 Å². The lowest BCUT2D eigenvalue weighted by Crippen LogP contribution is -2.36. The molecule has 0 aliphatic heterocycles. The number of aromatic nitrogens is 1. The third-order valence-electron chi connectivity index (χ3n) is 3.90. The molecule has 0 spiro atoms. The molecule has 2 rings (SSSR count). The summed E-state index contributed by atoms with van der Waals surface area (Å²) in [5.74, 6) is 0.972. The van der Waals surface area contributed by atoms with Crippen molar-refractivity contribution in [2.75, 3.05) is 0 Å². The van der Waals surface area contributed by atoms with Crippen LogP contribution in [0.4, 0.5) is 0 Å². The zero-order chi connectivity index (χ0) is 16.8. The minimum atomic E-state index is 0.0880. The first kappa shape index (κ1) is 17.5. The number of rotatable bonds is 7. The molecule has 1 heterocycles. The predicted molar refractivity (Wildman–Crippen MR) is 93.6 cm³/mol. The number of carbonyl (C=O) groups is 1. The van der Waals surface area contributed by atoms with Crippen molar-refractivity contribution in [1.29, 1.82) is 0 Å². The summed E-state index contributed by atoms with van der Waals surface area (Å²) in [5.41, 5.74) is 2.04. The molecule has 0 saturated carbocycles. The highest BCUT2D eigenvalue weighted by Gasteiger charge is 2.17. The van der Waals surface area contributed by atoms with Gasteiger partial charge >= 0.3 is 0 Å². The minimum absolute atomic E-state index is 0.0880. The van der Waals surface area contributed by atoms with Gasteiger partial charge in [-0.25, -0.2) is 4.98 Å². The Bertz CT molecular complexity index is 654. The predicted octanol–water partition coefficient (Wildman–Crippen LogP) is 4.18. The quantitative estimate of drug-likeness (QED) is 0.764. The molecular weight excluding hydrogens is 308 g/mol. The molecule has 5 heteroatoms.